The summed E-state index contributed by atoms with van der Waals surface area (Å²) in [6.07, 6.45) is 4.22. The highest BCUT2D eigenvalue weighted by atomic mass is 32.1. The molecule has 1 amide bonds. The molecule has 5 nitrogen and oxygen atoms in total. The van der Waals surface area contributed by atoms with Crippen LogP contribution in [0.15, 0.2) is 12.3 Å². The maximum atomic E-state index is 12.7. The number of carbonyl (C=O) groups excluding carboxylic acids is 1. The van der Waals surface area contributed by atoms with Crippen LogP contribution in [0.3, 0.4) is 0 Å². The molecule has 2 aromatic rings. The van der Waals surface area contributed by atoms with Crippen LogP contribution in [0.4, 0.5) is 0 Å². The lowest BCUT2D eigenvalue weighted by Gasteiger charge is -2.24. The Morgan fingerprint density at radius 3 is 2.86 bits per heavy atom. The Kier molecular flexibility index (Phi) is 4.20. The summed E-state index contributed by atoms with van der Waals surface area (Å²) < 4.78 is 0. The number of thiazole rings is 1. The number of likely N-dealkylation sites (tertiary alicyclic amines) is 1. The minimum absolute atomic E-state index is 0.0866. The summed E-state index contributed by atoms with van der Waals surface area (Å²) in [6.45, 7) is 6.65. The molecule has 1 aliphatic rings. The summed E-state index contributed by atoms with van der Waals surface area (Å²) in [5, 5.41) is 1.02. The molecule has 6 heteroatoms. The van der Waals surface area contributed by atoms with Crippen molar-refractivity contribution in [2.45, 2.75) is 46.1 Å². The van der Waals surface area contributed by atoms with E-state index in [1.54, 1.807) is 17.5 Å². The van der Waals surface area contributed by atoms with Gasteiger partial charge in [0.15, 0.2) is 0 Å². The maximum Gasteiger partial charge on any atom is 0.228 e. The van der Waals surface area contributed by atoms with E-state index in [0.29, 0.717) is 6.42 Å². The molecule has 0 spiro atoms. The van der Waals surface area contributed by atoms with Crippen LogP contribution in [0, 0.1) is 20.8 Å². The number of carbonyl (C=O) groups is 1. The van der Waals surface area contributed by atoms with Crippen molar-refractivity contribution in [1.82, 2.24) is 19.9 Å². The van der Waals surface area contributed by atoms with E-state index >= 15 is 0 Å². The first-order chi connectivity index (χ1) is 10.5. The van der Waals surface area contributed by atoms with Crippen LogP contribution < -0.4 is 0 Å². The van der Waals surface area contributed by atoms with Gasteiger partial charge in [-0.15, -0.1) is 11.3 Å². The van der Waals surface area contributed by atoms with Gasteiger partial charge in [0.25, 0.3) is 0 Å². The van der Waals surface area contributed by atoms with Gasteiger partial charge in [-0.1, -0.05) is 0 Å². The van der Waals surface area contributed by atoms with Crippen molar-refractivity contribution in [3.8, 4) is 0 Å². The number of aromatic nitrogens is 3. The molecule has 1 saturated heterocycles. The number of hydrogen-bond donors (Lipinski definition) is 0. The van der Waals surface area contributed by atoms with Gasteiger partial charge in [-0.2, -0.15) is 0 Å². The lowest BCUT2D eigenvalue weighted by atomic mass is 10.1. The Bertz CT molecular complexity index is 697. The van der Waals surface area contributed by atoms with E-state index in [9.17, 15) is 4.79 Å². The number of hydrogen-bond acceptors (Lipinski definition) is 5. The number of aryl methyl sites for hydroxylation is 3. The molecule has 2 aromatic heterocycles. The van der Waals surface area contributed by atoms with E-state index in [1.165, 1.54) is 0 Å². The van der Waals surface area contributed by atoms with Crippen molar-refractivity contribution in [3.05, 3.63) is 39.4 Å². The number of amides is 1. The first-order valence-corrected chi connectivity index (χ1v) is 8.38. The molecule has 3 rings (SSSR count). The Balaban J connectivity index is 1.78. The second-order valence-electron chi connectivity index (χ2n) is 5.69. The highest BCUT2D eigenvalue weighted by Gasteiger charge is 2.31. The second-order valence-corrected chi connectivity index (χ2v) is 6.98. The molecule has 0 bridgehead atoms. The van der Waals surface area contributed by atoms with Crippen molar-refractivity contribution in [2.24, 2.45) is 0 Å². The SMILES string of the molecule is Cc1nccc([C@H]2CCCN2C(=O)Cc2sc(C)nc2C)n1. The number of nitrogens with zero attached hydrogens (tertiary/aromatic N) is 4. The van der Waals surface area contributed by atoms with Crippen LogP contribution in [0.5, 0.6) is 0 Å². The molecule has 1 aliphatic heterocycles. The van der Waals surface area contributed by atoms with Gasteiger partial charge in [0.2, 0.25) is 5.91 Å². The standard InChI is InChI=1S/C16H20N4OS/c1-10-15(22-12(3)18-10)9-16(21)20-8-4-5-14(20)13-6-7-17-11(2)19-13/h6-7,14H,4-5,8-9H2,1-3H3/t14-/m1/s1. The summed E-state index contributed by atoms with van der Waals surface area (Å²) in [5.41, 5.74) is 1.93. The molecule has 1 atom stereocenters. The predicted molar refractivity (Wildman–Crippen MR) is 85.7 cm³/mol. The van der Waals surface area contributed by atoms with Gasteiger partial charge in [-0.25, -0.2) is 15.0 Å². The van der Waals surface area contributed by atoms with Crippen LogP contribution in [-0.4, -0.2) is 32.3 Å². The smallest absolute Gasteiger partial charge is 0.228 e. The summed E-state index contributed by atoms with van der Waals surface area (Å²) in [5.74, 6) is 0.927. The zero-order chi connectivity index (χ0) is 15.7. The van der Waals surface area contributed by atoms with Gasteiger partial charge < -0.3 is 4.90 Å². The Morgan fingerprint density at radius 2 is 2.18 bits per heavy atom. The van der Waals surface area contributed by atoms with E-state index in [0.717, 1.165) is 46.5 Å². The Hall–Kier alpha value is -1.82. The normalized spacial score (nSPS) is 18.0. The van der Waals surface area contributed by atoms with Crippen LogP contribution in [0.1, 0.15) is 46.0 Å². The molecule has 0 aliphatic carbocycles. The molecule has 0 N–H and O–H groups in total. The van der Waals surface area contributed by atoms with E-state index in [2.05, 4.69) is 15.0 Å². The van der Waals surface area contributed by atoms with Crippen molar-refractivity contribution in [2.75, 3.05) is 6.54 Å². The molecule has 116 valence electrons. The minimum atomic E-state index is 0.0866. The average molecular weight is 316 g/mol. The fourth-order valence-corrected chi connectivity index (χ4v) is 3.94. The Labute approximate surface area is 134 Å². The third-order valence-corrected chi connectivity index (χ3v) is 5.10. The third kappa shape index (κ3) is 3.02. The van der Waals surface area contributed by atoms with E-state index in [-0.39, 0.29) is 11.9 Å². The van der Waals surface area contributed by atoms with Gasteiger partial charge in [0, 0.05) is 17.6 Å². The van der Waals surface area contributed by atoms with Crippen molar-refractivity contribution >= 4 is 17.2 Å². The minimum Gasteiger partial charge on any atom is -0.334 e. The highest BCUT2D eigenvalue weighted by Crippen LogP contribution is 2.31. The van der Waals surface area contributed by atoms with E-state index in [1.807, 2.05) is 31.7 Å². The van der Waals surface area contributed by atoms with Crippen molar-refractivity contribution < 1.29 is 4.79 Å². The fourth-order valence-electron chi connectivity index (χ4n) is 3.01. The van der Waals surface area contributed by atoms with Crippen molar-refractivity contribution in [3.63, 3.8) is 0 Å². The Morgan fingerprint density at radius 1 is 1.36 bits per heavy atom. The van der Waals surface area contributed by atoms with Crippen LogP contribution in [0.2, 0.25) is 0 Å². The molecule has 3 heterocycles. The van der Waals surface area contributed by atoms with Crippen LogP contribution in [-0.2, 0) is 11.2 Å². The first-order valence-electron chi connectivity index (χ1n) is 7.56. The van der Waals surface area contributed by atoms with Gasteiger partial charge in [-0.05, 0) is 39.7 Å². The molecule has 22 heavy (non-hydrogen) atoms. The first kappa shape index (κ1) is 15.1. The summed E-state index contributed by atoms with van der Waals surface area (Å²) in [7, 11) is 0. The lowest BCUT2D eigenvalue weighted by molar-refractivity contribution is -0.131. The average Bonchev–Trinajstić information content (AvgIpc) is 3.06. The van der Waals surface area contributed by atoms with Gasteiger partial charge in [0.05, 0.1) is 28.9 Å². The van der Waals surface area contributed by atoms with Gasteiger partial charge in [-0.3, -0.25) is 4.79 Å². The molecule has 0 aromatic carbocycles. The monoisotopic (exact) mass is 316 g/mol. The molecule has 0 radical (unpaired) electrons. The molecule has 1 fully saturated rings. The lowest BCUT2D eigenvalue weighted by Crippen LogP contribution is -2.32. The third-order valence-electron chi connectivity index (χ3n) is 4.02. The second kappa shape index (κ2) is 6.12. The van der Waals surface area contributed by atoms with Crippen LogP contribution >= 0.6 is 11.3 Å². The van der Waals surface area contributed by atoms with Crippen molar-refractivity contribution in [1.29, 1.82) is 0 Å². The zero-order valence-electron chi connectivity index (χ0n) is 13.2. The van der Waals surface area contributed by atoms with E-state index in [4.69, 9.17) is 0 Å². The van der Waals surface area contributed by atoms with Crippen LogP contribution in [0.25, 0.3) is 0 Å². The van der Waals surface area contributed by atoms with Gasteiger partial charge >= 0.3 is 0 Å². The molecular weight excluding hydrogens is 296 g/mol. The summed E-state index contributed by atoms with van der Waals surface area (Å²) >= 11 is 1.62. The van der Waals surface area contributed by atoms with E-state index < -0.39 is 0 Å². The predicted octanol–water partition coefficient (Wildman–Crippen LogP) is 2.76. The molecule has 0 unspecified atom stereocenters. The quantitative estimate of drug-likeness (QED) is 0.873. The maximum absolute atomic E-state index is 12.7. The number of rotatable bonds is 3. The largest absolute Gasteiger partial charge is 0.334 e. The summed E-state index contributed by atoms with van der Waals surface area (Å²) in [4.78, 5) is 28.8. The summed E-state index contributed by atoms with van der Waals surface area (Å²) in [6, 6.07) is 2.01. The topological polar surface area (TPSA) is 59.0 Å². The fraction of sp³-hybridized carbons (Fsp3) is 0.500. The molecule has 0 saturated carbocycles. The molecular formula is C16H20N4OS. The van der Waals surface area contributed by atoms with Gasteiger partial charge in [0.1, 0.15) is 5.82 Å². The zero-order valence-corrected chi connectivity index (χ0v) is 14.0. The highest BCUT2D eigenvalue weighted by molar-refractivity contribution is 7.11.